The third-order valence-electron chi connectivity index (χ3n) is 2.41. The van der Waals surface area contributed by atoms with Gasteiger partial charge in [0.2, 0.25) is 0 Å². The fourth-order valence-corrected chi connectivity index (χ4v) is 2.32. The van der Waals surface area contributed by atoms with Gasteiger partial charge in [-0.2, -0.15) is 18.3 Å². The molecule has 20 heavy (non-hydrogen) atoms. The van der Waals surface area contributed by atoms with Crippen molar-refractivity contribution in [1.29, 1.82) is 0 Å². The topological polar surface area (TPSA) is 59.8 Å². The van der Waals surface area contributed by atoms with E-state index in [-0.39, 0.29) is 10.2 Å². The van der Waals surface area contributed by atoms with Gasteiger partial charge in [0, 0.05) is 25.1 Å². The largest absolute Gasteiger partial charge is 0.434 e. The van der Waals surface area contributed by atoms with Crippen LogP contribution in [-0.2, 0) is 13.2 Å². The van der Waals surface area contributed by atoms with Gasteiger partial charge in [-0.1, -0.05) is 0 Å². The van der Waals surface area contributed by atoms with Crippen LogP contribution in [0.1, 0.15) is 16.2 Å². The van der Waals surface area contributed by atoms with Gasteiger partial charge in [0.25, 0.3) is 5.91 Å². The normalized spacial score (nSPS) is 11.4. The number of rotatable bonds is 2. The molecule has 106 valence electrons. The predicted octanol–water partition coefficient (Wildman–Crippen LogP) is 2.85. The van der Waals surface area contributed by atoms with Crippen LogP contribution in [0.2, 0.25) is 0 Å². The van der Waals surface area contributed by atoms with E-state index in [4.69, 9.17) is 0 Å². The second kappa shape index (κ2) is 5.23. The molecule has 1 amide bonds. The van der Waals surface area contributed by atoms with Crippen molar-refractivity contribution in [2.75, 3.05) is 5.32 Å². The van der Waals surface area contributed by atoms with E-state index < -0.39 is 17.8 Å². The van der Waals surface area contributed by atoms with Crippen LogP contribution in [0.25, 0.3) is 0 Å². The van der Waals surface area contributed by atoms with E-state index in [0.29, 0.717) is 10.4 Å². The van der Waals surface area contributed by atoms with E-state index in [2.05, 4.69) is 31.3 Å². The van der Waals surface area contributed by atoms with Gasteiger partial charge < -0.3 is 5.32 Å². The summed E-state index contributed by atoms with van der Waals surface area (Å²) in [7, 11) is 1.12. The number of carbonyl (C=O) groups is 1. The van der Waals surface area contributed by atoms with E-state index in [9.17, 15) is 18.0 Å². The molecule has 0 spiro atoms. The first-order valence-electron chi connectivity index (χ1n) is 5.31. The van der Waals surface area contributed by atoms with Crippen molar-refractivity contribution >= 4 is 27.5 Å². The van der Waals surface area contributed by atoms with Crippen molar-refractivity contribution in [3.63, 3.8) is 0 Å². The highest BCUT2D eigenvalue weighted by molar-refractivity contribution is 9.10. The number of nitrogens with one attached hydrogen (secondary N) is 1. The molecular formula is C11H8BrF3N4O. The van der Waals surface area contributed by atoms with Gasteiger partial charge in [-0.3, -0.25) is 14.5 Å². The highest BCUT2D eigenvalue weighted by Crippen LogP contribution is 2.36. The van der Waals surface area contributed by atoms with E-state index in [1.54, 1.807) is 0 Å². The van der Waals surface area contributed by atoms with E-state index in [1.165, 1.54) is 24.5 Å². The van der Waals surface area contributed by atoms with Gasteiger partial charge in [0.05, 0.1) is 4.47 Å². The molecule has 0 bridgehead atoms. The van der Waals surface area contributed by atoms with E-state index in [0.717, 1.165) is 7.05 Å². The van der Waals surface area contributed by atoms with Crippen LogP contribution in [-0.4, -0.2) is 20.7 Å². The summed E-state index contributed by atoms with van der Waals surface area (Å²) >= 11 is 2.78. The number of aryl methyl sites for hydroxylation is 1. The van der Waals surface area contributed by atoms with Gasteiger partial charge in [-0.25, -0.2) is 0 Å². The fraction of sp³-hybridized carbons (Fsp3) is 0.182. The minimum atomic E-state index is -4.60. The molecule has 0 atom stereocenters. The third kappa shape index (κ3) is 2.82. The average Bonchev–Trinajstić information content (AvgIpc) is 2.65. The van der Waals surface area contributed by atoms with Crippen LogP contribution in [0, 0.1) is 0 Å². The molecule has 2 aromatic heterocycles. The van der Waals surface area contributed by atoms with Crippen molar-refractivity contribution in [1.82, 2.24) is 14.8 Å². The maximum Gasteiger partial charge on any atom is 0.434 e. The molecule has 2 heterocycles. The first kappa shape index (κ1) is 14.5. The number of aromatic nitrogens is 3. The lowest BCUT2D eigenvalue weighted by atomic mass is 10.3. The van der Waals surface area contributed by atoms with Crippen molar-refractivity contribution in [2.24, 2.45) is 7.05 Å². The van der Waals surface area contributed by atoms with Crippen molar-refractivity contribution < 1.29 is 18.0 Å². The number of pyridine rings is 1. The zero-order valence-corrected chi connectivity index (χ0v) is 11.7. The Kier molecular flexibility index (Phi) is 3.80. The molecule has 2 aromatic rings. The summed E-state index contributed by atoms with van der Waals surface area (Å²) in [6.07, 6.45) is -1.70. The SMILES string of the molecule is Cn1nc(C(=O)Nc2ccncc2)c(Br)c1C(F)(F)F. The average molecular weight is 349 g/mol. The molecule has 0 aliphatic rings. The summed E-state index contributed by atoms with van der Waals surface area (Å²) in [5.74, 6) is -0.742. The monoisotopic (exact) mass is 348 g/mol. The van der Waals surface area contributed by atoms with Gasteiger partial charge in [0.1, 0.15) is 0 Å². The summed E-state index contributed by atoms with van der Waals surface area (Å²) in [6.45, 7) is 0. The molecule has 0 saturated carbocycles. The molecule has 5 nitrogen and oxygen atoms in total. The number of carbonyl (C=O) groups excluding carboxylic acids is 1. The number of alkyl halides is 3. The molecule has 0 saturated heterocycles. The van der Waals surface area contributed by atoms with Crippen molar-refractivity contribution in [3.05, 3.63) is 40.4 Å². The van der Waals surface area contributed by atoms with Gasteiger partial charge in [-0.15, -0.1) is 0 Å². The van der Waals surface area contributed by atoms with Crippen molar-refractivity contribution in [2.45, 2.75) is 6.18 Å². The molecule has 0 aliphatic heterocycles. The lowest BCUT2D eigenvalue weighted by molar-refractivity contribution is -0.144. The van der Waals surface area contributed by atoms with Crippen molar-refractivity contribution in [3.8, 4) is 0 Å². The molecule has 1 N–H and O–H groups in total. The Morgan fingerprint density at radius 1 is 1.35 bits per heavy atom. The maximum atomic E-state index is 12.8. The molecule has 2 rings (SSSR count). The van der Waals surface area contributed by atoms with Crippen LogP contribution >= 0.6 is 15.9 Å². The predicted molar refractivity (Wildman–Crippen MR) is 68.1 cm³/mol. The quantitative estimate of drug-likeness (QED) is 0.907. The third-order valence-corrected chi connectivity index (χ3v) is 3.16. The summed E-state index contributed by atoms with van der Waals surface area (Å²) < 4.78 is 38.6. The zero-order chi connectivity index (χ0) is 14.9. The first-order chi connectivity index (χ1) is 9.30. The Morgan fingerprint density at radius 3 is 2.45 bits per heavy atom. The maximum absolute atomic E-state index is 12.8. The summed E-state index contributed by atoms with van der Waals surface area (Å²) in [4.78, 5) is 15.7. The van der Waals surface area contributed by atoms with Gasteiger partial charge >= 0.3 is 6.18 Å². The first-order valence-corrected chi connectivity index (χ1v) is 6.11. The molecule has 9 heteroatoms. The molecular weight excluding hydrogens is 341 g/mol. The summed E-state index contributed by atoms with van der Waals surface area (Å²) in [5.41, 5.74) is -0.940. The standard InChI is InChI=1S/C11H8BrF3N4O/c1-19-9(11(13,14)15)7(12)8(18-19)10(20)17-6-2-4-16-5-3-6/h2-5H,1H3,(H,16,17,20). The second-order valence-corrected chi connectivity index (χ2v) is 4.62. The lowest BCUT2D eigenvalue weighted by Gasteiger charge is -2.06. The number of amides is 1. The number of anilines is 1. The molecule has 0 unspecified atom stereocenters. The fourth-order valence-electron chi connectivity index (χ4n) is 1.58. The summed E-state index contributed by atoms with van der Waals surface area (Å²) in [6, 6.07) is 3.03. The highest BCUT2D eigenvalue weighted by Gasteiger charge is 2.39. The number of nitrogens with zero attached hydrogens (tertiary/aromatic N) is 3. The Balaban J connectivity index is 2.33. The minimum Gasteiger partial charge on any atom is -0.320 e. The van der Waals surface area contributed by atoms with Gasteiger partial charge in [-0.05, 0) is 28.1 Å². The Labute approximate surface area is 119 Å². The molecule has 0 radical (unpaired) electrons. The van der Waals surface area contributed by atoms with Gasteiger partial charge in [0.15, 0.2) is 11.4 Å². The molecule has 0 fully saturated rings. The summed E-state index contributed by atoms with van der Waals surface area (Å²) in [5, 5.41) is 6.03. The molecule has 0 aliphatic carbocycles. The Morgan fingerprint density at radius 2 is 1.95 bits per heavy atom. The number of halogens is 4. The number of hydrogen-bond acceptors (Lipinski definition) is 3. The smallest absolute Gasteiger partial charge is 0.320 e. The highest BCUT2D eigenvalue weighted by atomic mass is 79.9. The second-order valence-electron chi connectivity index (χ2n) is 3.82. The van der Waals surface area contributed by atoms with Crippen LogP contribution < -0.4 is 5.32 Å². The van der Waals surface area contributed by atoms with Crippen LogP contribution in [0.3, 0.4) is 0 Å². The van der Waals surface area contributed by atoms with E-state index in [1.807, 2.05) is 0 Å². The van der Waals surface area contributed by atoms with Crippen LogP contribution in [0.5, 0.6) is 0 Å². The Bertz CT molecular complexity index is 639. The Hall–Kier alpha value is -1.90. The minimum absolute atomic E-state index is 0.336. The zero-order valence-electron chi connectivity index (χ0n) is 10.1. The number of hydrogen-bond donors (Lipinski definition) is 1. The van der Waals surface area contributed by atoms with Crippen LogP contribution in [0.15, 0.2) is 29.0 Å². The lowest BCUT2D eigenvalue weighted by Crippen LogP contribution is -2.13. The molecule has 0 aromatic carbocycles. The van der Waals surface area contributed by atoms with Crippen LogP contribution in [0.4, 0.5) is 18.9 Å². The van der Waals surface area contributed by atoms with E-state index >= 15 is 0 Å².